The number of rotatable bonds is 4. The number of pyridine rings is 1. The number of carbonyl (C=O) groups is 2. The fourth-order valence-electron chi connectivity index (χ4n) is 2.84. The summed E-state index contributed by atoms with van der Waals surface area (Å²) in [4.78, 5) is 30.4. The lowest BCUT2D eigenvalue weighted by atomic mass is 10.0. The van der Waals surface area contributed by atoms with E-state index in [1.165, 1.54) is 0 Å². The molecular formula is C19H29ClN4O3. The molecule has 1 aromatic rings. The molecule has 0 bridgehead atoms. The predicted molar refractivity (Wildman–Crippen MR) is 106 cm³/mol. The van der Waals surface area contributed by atoms with E-state index in [0.717, 1.165) is 18.5 Å². The van der Waals surface area contributed by atoms with E-state index in [2.05, 4.69) is 15.6 Å². The van der Waals surface area contributed by atoms with Crippen molar-refractivity contribution >= 4 is 29.3 Å². The number of nitrogens with zero attached hydrogens (tertiary/aromatic N) is 2. The van der Waals surface area contributed by atoms with Crippen molar-refractivity contribution in [2.45, 2.75) is 65.1 Å². The van der Waals surface area contributed by atoms with Crippen LogP contribution < -0.4 is 10.6 Å². The molecule has 8 heteroatoms. The Morgan fingerprint density at radius 3 is 2.48 bits per heavy atom. The summed E-state index contributed by atoms with van der Waals surface area (Å²) in [5.41, 5.74) is 0.798. The van der Waals surface area contributed by atoms with Crippen LogP contribution in [0.3, 0.4) is 0 Å². The predicted octanol–water partition coefficient (Wildman–Crippen LogP) is 3.36. The van der Waals surface area contributed by atoms with Gasteiger partial charge in [0.2, 0.25) is 5.91 Å². The van der Waals surface area contributed by atoms with Crippen LogP contribution in [0.1, 0.15) is 46.2 Å². The summed E-state index contributed by atoms with van der Waals surface area (Å²) in [6.07, 6.45) is 1.25. The standard InChI is InChI=1S/C19H29ClN4O3/c1-12-6-7-15(16(20)21-12)23-17(25)13(2)22-14-8-10-24(11-9-14)18(26)27-19(3,4)5/h6-7,13-14,22H,8-11H2,1-5H3,(H,23,25). The van der Waals surface area contributed by atoms with Crippen LogP contribution >= 0.6 is 11.6 Å². The van der Waals surface area contributed by atoms with Gasteiger partial charge in [-0.05, 0) is 59.6 Å². The molecule has 7 nitrogen and oxygen atoms in total. The summed E-state index contributed by atoms with van der Waals surface area (Å²) in [6, 6.07) is 3.32. The Hall–Kier alpha value is -1.86. The van der Waals surface area contributed by atoms with Crippen molar-refractivity contribution in [1.82, 2.24) is 15.2 Å². The van der Waals surface area contributed by atoms with E-state index in [1.54, 1.807) is 17.0 Å². The van der Waals surface area contributed by atoms with Crippen LogP contribution in [0.4, 0.5) is 10.5 Å². The second-order valence-electron chi connectivity index (χ2n) is 7.91. The zero-order valence-corrected chi connectivity index (χ0v) is 17.4. The molecule has 1 unspecified atom stereocenters. The molecule has 2 heterocycles. The van der Waals surface area contributed by atoms with Crippen LogP contribution in [-0.4, -0.2) is 52.7 Å². The van der Waals surface area contributed by atoms with Crippen LogP contribution in [-0.2, 0) is 9.53 Å². The number of amides is 2. The lowest BCUT2D eigenvalue weighted by Gasteiger charge is -2.34. The second-order valence-corrected chi connectivity index (χ2v) is 8.27. The molecule has 1 aliphatic rings. The van der Waals surface area contributed by atoms with Gasteiger partial charge in [-0.2, -0.15) is 0 Å². The van der Waals surface area contributed by atoms with E-state index in [4.69, 9.17) is 16.3 Å². The van der Waals surface area contributed by atoms with Gasteiger partial charge in [0.05, 0.1) is 11.7 Å². The minimum atomic E-state index is -0.495. The normalized spacial score (nSPS) is 16.7. The van der Waals surface area contributed by atoms with Crippen LogP contribution in [0.5, 0.6) is 0 Å². The van der Waals surface area contributed by atoms with E-state index >= 15 is 0 Å². The molecule has 1 atom stereocenters. The van der Waals surface area contributed by atoms with Crippen molar-refractivity contribution in [1.29, 1.82) is 0 Å². The maximum atomic E-state index is 12.4. The first-order valence-corrected chi connectivity index (χ1v) is 9.61. The van der Waals surface area contributed by atoms with E-state index in [0.29, 0.717) is 18.8 Å². The third-order valence-corrected chi connectivity index (χ3v) is 4.56. The number of aryl methyl sites for hydroxylation is 1. The molecule has 2 rings (SSSR count). The molecule has 0 radical (unpaired) electrons. The summed E-state index contributed by atoms with van der Waals surface area (Å²) in [5.74, 6) is -0.169. The van der Waals surface area contributed by atoms with Gasteiger partial charge in [-0.3, -0.25) is 4.79 Å². The molecule has 1 fully saturated rings. The number of hydrogen-bond acceptors (Lipinski definition) is 5. The Balaban J connectivity index is 1.80. The van der Waals surface area contributed by atoms with Crippen LogP contribution in [0, 0.1) is 6.92 Å². The highest BCUT2D eigenvalue weighted by Gasteiger charge is 2.28. The molecule has 1 saturated heterocycles. The topological polar surface area (TPSA) is 83.6 Å². The van der Waals surface area contributed by atoms with Gasteiger partial charge in [0.1, 0.15) is 5.60 Å². The Kier molecular flexibility index (Phi) is 7.06. The number of ether oxygens (including phenoxy) is 1. The minimum Gasteiger partial charge on any atom is -0.444 e. The lowest BCUT2D eigenvalue weighted by molar-refractivity contribution is -0.118. The Morgan fingerprint density at radius 1 is 1.30 bits per heavy atom. The summed E-state index contributed by atoms with van der Waals surface area (Å²) in [6.45, 7) is 10.4. The van der Waals surface area contributed by atoms with E-state index in [-0.39, 0.29) is 29.2 Å². The smallest absolute Gasteiger partial charge is 0.410 e. The van der Waals surface area contributed by atoms with E-state index < -0.39 is 5.60 Å². The zero-order valence-electron chi connectivity index (χ0n) is 16.6. The highest BCUT2D eigenvalue weighted by molar-refractivity contribution is 6.32. The maximum absolute atomic E-state index is 12.4. The van der Waals surface area contributed by atoms with Gasteiger partial charge < -0.3 is 20.3 Å². The number of hydrogen-bond donors (Lipinski definition) is 2. The molecule has 150 valence electrons. The van der Waals surface area contributed by atoms with Crippen LogP contribution in [0.15, 0.2) is 12.1 Å². The third-order valence-electron chi connectivity index (χ3n) is 4.27. The van der Waals surface area contributed by atoms with Crippen molar-refractivity contribution in [2.24, 2.45) is 0 Å². The van der Waals surface area contributed by atoms with Crippen molar-refractivity contribution in [2.75, 3.05) is 18.4 Å². The van der Waals surface area contributed by atoms with Gasteiger partial charge in [-0.25, -0.2) is 9.78 Å². The lowest BCUT2D eigenvalue weighted by Crippen LogP contribution is -2.50. The molecule has 2 amide bonds. The average Bonchev–Trinajstić information content (AvgIpc) is 2.56. The average molecular weight is 397 g/mol. The molecule has 2 N–H and O–H groups in total. The number of piperidine rings is 1. The summed E-state index contributed by atoms with van der Waals surface area (Å²) in [7, 11) is 0. The van der Waals surface area contributed by atoms with Gasteiger partial charge in [0, 0.05) is 24.8 Å². The summed E-state index contributed by atoms with van der Waals surface area (Å²) in [5, 5.41) is 6.40. The van der Waals surface area contributed by atoms with Gasteiger partial charge >= 0.3 is 6.09 Å². The van der Waals surface area contributed by atoms with Crippen molar-refractivity contribution < 1.29 is 14.3 Å². The van der Waals surface area contributed by atoms with Crippen molar-refractivity contribution in [3.05, 3.63) is 23.0 Å². The van der Waals surface area contributed by atoms with Crippen LogP contribution in [0.25, 0.3) is 0 Å². The van der Waals surface area contributed by atoms with E-state index in [9.17, 15) is 9.59 Å². The molecule has 1 aliphatic heterocycles. The van der Waals surface area contributed by atoms with Crippen molar-refractivity contribution in [3.63, 3.8) is 0 Å². The first-order chi connectivity index (χ1) is 12.5. The Morgan fingerprint density at radius 2 is 1.93 bits per heavy atom. The number of nitrogens with one attached hydrogen (secondary N) is 2. The summed E-state index contributed by atoms with van der Waals surface area (Å²) >= 11 is 6.07. The number of anilines is 1. The molecule has 1 aromatic heterocycles. The van der Waals surface area contributed by atoms with Gasteiger partial charge in [0.15, 0.2) is 5.15 Å². The molecular weight excluding hydrogens is 368 g/mol. The SMILES string of the molecule is Cc1ccc(NC(=O)C(C)NC2CCN(C(=O)OC(C)(C)C)CC2)c(Cl)n1. The number of carbonyl (C=O) groups excluding carboxylic acids is 2. The van der Waals surface area contributed by atoms with Crippen LogP contribution in [0.2, 0.25) is 5.15 Å². The first kappa shape index (κ1) is 21.4. The Labute approximate surface area is 165 Å². The molecule has 0 aliphatic carbocycles. The van der Waals surface area contributed by atoms with Crippen molar-refractivity contribution in [3.8, 4) is 0 Å². The minimum absolute atomic E-state index is 0.163. The second kappa shape index (κ2) is 8.89. The maximum Gasteiger partial charge on any atom is 0.410 e. The molecule has 0 saturated carbocycles. The number of halogens is 1. The summed E-state index contributed by atoms with van der Waals surface area (Å²) < 4.78 is 5.40. The third kappa shape index (κ3) is 6.66. The van der Waals surface area contributed by atoms with Gasteiger partial charge in [-0.1, -0.05) is 11.6 Å². The van der Waals surface area contributed by atoms with Gasteiger partial charge in [-0.15, -0.1) is 0 Å². The fraction of sp³-hybridized carbons (Fsp3) is 0.632. The quantitative estimate of drug-likeness (QED) is 0.762. The highest BCUT2D eigenvalue weighted by Crippen LogP contribution is 2.20. The highest BCUT2D eigenvalue weighted by atomic mass is 35.5. The largest absolute Gasteiger partial charge is 0.444 e. The monoisotopic (exact) mass is 396 g/mol. The first-order valence-electron chi connectivity index (χ1n) is 9.23. The number of aromatic nitrogens is 1. The molecule has 27 heavy (non-hydrogen) atoms. The molecule has 0 aromatic carbocycles. The molecule has 0 spiro atoms. The van der Waals surface area contributed by atoms with Gasteiger partial charge in [0.25, 0.3) is 0 Å². The fourth-order valence-corrected chi connectivity index (χ4v) is 3.09. The number of likely N-dealkylation sites (tertiary alicyclic amines) is 1. The Bertz CT molecular complexity index is 682. The zero-order chi connectivity index (χ0) is 20.2. The van der Waals surface area contributed by atoms with E-state index in [1.807, 2.05) is 34.6 Å².